The number of methoxy groups -OCH3 is 1. The molecule has 2 N–H and O–H groups in total. The lowest BCUT2D eigenvalue weighted by Crippen LogP contribution is -2.42. The van der Waals surface area contributed by atoms with Crippen LogP contribution in [-0.4, -0.2) is 46.8 Å². The summed E-state index contributed by atoms with van der Waals surface area (Å²) in [5.74, 6) is 1.08. The minimum absolute atomic E-state index is 0.107. The third-order valence-electron chi connectivity index (χ3n) is 5.96. The van der Waals surface area contributed by atoms with Gasteiger partial charge in [0.15, 0.2) is 0 Å². The summed E-state index contributed by atoms with van der Waals surface area (Å²) in [5, 5.41) is 10.7. The molecule has 0 saturated carbocycles. The quantitative estimate of drug-likeness (QED) is 0.289. The first-order valence-electron chi connectivity index (χ1n) is 12.6. The highest BCUT2D eigenvalue weighted by Crippen LogP contribution is 2.26. The normalized spacial score (nSPS) is 10.8. The maximum atomic E-state index is 13.3. The molecule has 0 radical (unpaired) electrons. The summed E-state index contributed by atoms with van der Waals surface area (Å²) in [6.45, 7) is 6.27. The number of ether oxygens (including phenoxy) is 1. The molecule has 0 unspecified atom stereocenters. The molecule has 1 heterocycles. The van der Waals surface area contributed by atoms with Crippen molar-refractivity contribution in [2.24, 2.45) is 5.92 Å². The second-order valence-corrected chi connectivity index (χ2v) is 9.46. The van der Waals surface area contributed by atoms with E-state index in [2.05, 4.69) is 10.6 Å². The molecule has 4 aromatic rings. The number of nitrogens with zero attached hydrogens (tertiary/aromatic N) is 3. The number of para-hydroxylation sites is 1. The molecule has 0 bridgehead atoms. The largest absolute Gasteiger partial charge is 0.497 e. The summed E-state index contributed by atoms with van der Waals surface area (Å²) in [4.78, 5) is 27.9. The van der Waals surface area contributed by atoms with Crippen molar-refractivity contribution in [1.29, 1.82) is 0 Å². The number of carbonyl (C=O) groups is 2. The highest BCUT2D eigenvalue weighted by molar-refractivity contribution is 5.97. The number of anilines is 2. The molecule has 0 spiro atoms. The van der Waals surface area contributed by atoms with Gasteiger partial charge in [-0.1, -0.05) is 62.4 Å². The van der Waals surface area contributed by atoms with E-state index >= 15 is 0 Å². The van der Waals surface area contributed by atoms with Gasteiger partial charge in [-0.2, -0.15) is 5.10 Å². The molecule has 1 aromatic heterocycles. The van der Waals surface area contributed by atoms with Crippen LogP contribution in [0.15, 0.2) is 84.9 Å². The third kappa shape index (κ3) is 6.59. The first-order valence-corrected chi connectivity index (χ1v) is 12.6. The van der Waals surface area contributed by atoms with E-state index in [1.54, 1.807) is 11.8 Å². The molecule has 4 rings (SSSR count). The molecule has 0 aliphatic heterocycles. The molecule has 0 atom stereocenters. The van der Waals surface area contributed by atoms with E-state index in [1.165, 1.54) is 4.90 Å². The van der Waals surface area contributed by atoms with Gasteiger partial charge in [-0.05, 0) is 48.7 Å². The number of hydrogen-bond donors (Lipinski definition) is 2. The highest BCUT2D eigenvalue weighted by atomic mass is 16.5. The molecule has 3 amide bonds. The van der Waals surface area contributed by atoms with Gasteiger partial charge < -0.3 is 20.3 Å². The first-order chi connectivity index (χ1) is 18.3. The Balaban J connectivity index is 1.57. The Bertz CT molecular complexity index is 1380. The van der Waals surface area contributed by atoms with Gasteiger partial charge in [0.1, 0.15) is 18.1 Å². The Morgan fingerprint density at radius 2 is 1.63 bits per heavy atom. The van der Waals surface area contributed by atoms with Crippen molar-refractivity contribution in [3.63, 3.8) is 0 Å². The van der Waals surface area contributed by atoms with Crippen LogP contribution in [0, 0.1) is 12.8 Å². The first kappa shape index (κ1) is 26.5. The van der Waals surface area contributed by atoms with Crippen LogP contribution in [-0.2, 0) is 4.79 Å². The van der Waals surface area contributed by atoms with Crippen molar-refractivity contribution in [3.05, 3.63) is 90.5 Å². The maximum absolute atomic E-state index is 13.3. The van der Waals surface area contributed by atoms with Gasteiger partial charge in [-0.3, -0.25) is 4.79 Å². The van der Waals surface area contributed by atoms with E-state index in [4.69, 9.17) is 9.84 Å². The number of benzene rings is 3. The van der Waals surface area contributed by atoms with E-state index in [-0.39, 0.29) is 24.4 Å². The second-order valence-electron chi connectivity index (χ2n) is 9.46. The Kier molecular flexibility index (Phi) is 8.43. The van der Waals surface area contributed by atoms with E-state index < -0.39 is 0 Å². The van der Waals surface area contributed by atoms with Crippen LogP contribution < -0.4 is 15.4 Å². The van der Waals surface area contributed by atoms with E-state index in [0.29, 0.717) is 18.1 Å². The van der Waals surface area contributed by atoms with E-state index in [1.807, 2.05) is 106 Å². The lowest BCUT2D eigenvalue weighted by molar-refractivity contribution is -0.116. The zero-order valence-corrected chi connectivity index (χ0v) is 22.1. The van der Waals surface area contributed by atoms with Gasteiger partial charge >= 0.3 is 6.03 Å². The number of urea groups is 1. The van der Waals surface area contributed by atoms with Crippen LogP contribution in [0.5, 0.6) is 5.75 Å². The van der Waals surface area contributed by atoms with Crippen molar-refractivity contribution >= 4 is 23.4 Å². The van der Waals surface area contributed by atoms with Crippen LogP contribution in [0.2, 0.25) is 0 Å². The fraction of sp³-hybridized carbons (Fsp3) is 0.233. The zero-order chi connectivity index (χ0) is 27.1. The standard InChI is InChI=1S/C30H33N5O3/c1-21(2)19-34(30(37)31-26-13-9-8-10-22(26)3)20-29(36)32-28-18-27(23-11-6-5-7-12-23)33-35(28)24-14-16-25(38-4)17-15-24/h5-18,21H,19-20H2,1-4H3,(H,31,37)(H,32,36). The Labute approximate surface area is 223 Å². The second kappa shape index (κ2) is 12.1. The Hall–Kier alpha value is -4.59. The van der Waals surface area contributed by atoms with Crippen molar-refractivity contribution in [2.75, 3.05) is 30.8 Å². The smallest absolute Gasteiger partial charge is 0.322 e. The fourth-order valence-corrected chi connectivity index (χ4v) is 4.06. The summed E-state index contributed by atoms with van der Waals surface area (Å²) in [5.41, 5.74) is 4.07. The third-order valence-corrected chi connectivity index (χ3v) is 5.96. The molecule has 0 aliphatic rings. The molecule has 0 aliphatic carbocycles. The van der Waals surface area contributed by atoms with E-state index in [9.17, 15) is 9.59 Å². The topological polar surface area (TPSA) is 88.5 Å². The highest BCUT2D eigenvalue weighted by Gasteiger charge is 2.21. The SMILES string of the molecule is COc1ccc(-n2nc(-c3ccccc3)cc2NC(=O)CN(CC(C)C)C(=O)Nc2ccccc2C)cc1. The molecule has 8 nitrogen and oxygen atoms in total. The molecule has 196 valence electrons. The zero-order valence-electron chi connectivity index (χ0n) is 22.1. The summed E-state index contributed by atoms with van der Waals surface area (Å²) < 4.78 is 6.96. The van der Waals surface area contributed by atoms with Gasteiger partial charge in [0, 0.05) is 23.9 Å². The number of amides is 3. The van der Waals surface area contributed by atoms with Gasteiger partial charge in [0.25, 0.3) is 0 Å². The minimum atomic E-state index is -0.322. The van der Waals surface area contributed by atoms with Gasteiger partial charge in [0.2, 0.25) is 5.91 Å². The lowest BCUT2D eigenvalue weighted by Gasteiger charge is -2.25. The fourth-order valence-electron chi connectivity index (χ4n) is 4.06. The number of aryl methyl sites for hydroxylation is 1. The molecule has 3 aromatic carbocycles. The maximum Gasteiger partial charge on any atom is 0.322 e. The van der Waals surface area contributed by atoms with Crippen molar-refractivity contribution < 1.29 is 14.3 Å². The summed E-state index contributed by atoms with van der Waals surface area (Å²) in [7, 11) is 1.61. The van der Waals surface area contributed by atoms with Gasteiger partial charge in [-0.15, -0.1) is 0 Å². The van der Waals surface area contributed by atoms with Gasteiger partial charge in [0.05, 0.1) is 18.5 Å². The Morgan fingerprint density at radius 1 is 0.947 bits per heavy atom. The predicted molar refractivity (Wildman–Crippen MR) is 151 cm³/mol. The number of hydrogen-bond acceptors (Lipinski definition) is 4. The molecule has 8 heteroatoms. The molecular weight excluding hydrogens is 478 g/mol. The molecule has 0 fully saturated rings. The van der Waals surface area contributed by atoms with Crippen LogP contribution >= 0.6 is 0 Å². The average Bonchev–Trinajstić information content (AvgIpc) is 3.33. The lowest BCUT2D eigenvalue weighted by atomic mass is 10.1. The van der Waals surface area contributed by atoms with Crippen molar-refractivity contribution in [1.82, 2.24) is 14.7 Å². The van der Waals surface area contributed by atoms with Crippen molar-refractivity contribution in [3.8, 4) is 22.7 Å². The van der Waals surface area contributed by atoms with Crippen LogP contribution in [0.3, 0.4) is 0 Å². The van der Waals surface area contributed by atoms with Crippen LogP contribution in [0.1, 0.15) is 19.4 Å². The average molecular weight is 512 g/mol. The van der Waals surface area contributed by atoms with Crippen molar-refractivity contribution in [2.45, 2.75) is 20.8 Å². The molecular formula is C30H33N5O3. The molecule has 0 saturated heterocycles. The number of nitrogens with one attached hydrogen (secondary N) is 2. The monoisotopic (exact) mass is 511 g/mol. The summed E-state index contributed by atoms with van der Waals surface area (Å²) >= 11 is 0. The van der Waals surface area contributed by atoms with Crippen LogP contribution in [0.4, 0.5) is 16.3 Å². The summed E-state index contributed by atoms with van der Waals surface area (Å²) in [6, 6.07) is 26.2. The number of carbonyl (C=O) groups excluding carboxylic acids is 2. The molecule has 38 heavy (non-hydrogen) atoms. The van der Waals surface area contributed by atoms with Gasteiger partial charge in [-0.25, -0.2) is 9.48 Å². The Morgan fingerprint density at radius 3 is 2.29 bits per heavy atom. The van der Waals surface area contributed by atoms with E-state index in [0.717, 1.165) is 28.3 Å². The summed E-state index contributed by atoms with van der Waals surface area (Å²) in [6.07, 6.45) is 0. The minimum Gasteiger partial charge on any atom is -0.497 e. The number of aromatic nitrogens is 2. The number of rotatable bonds is 9. The predicted octanol–water partition coefficient (Wildman–Crippen LogP) is 5.98. The van der Waals surface area contributed by atoms with Crippen LogP contribution in [0.25, 0.3) is 16.9 Å².